The zero-order valence-corrected chi connectivity index (χ0v) is 23.5. The molecule has 0 saturated heterocycles. The largest absolute Gasteiger partial charge is 0.497 e. The van der Waals surface area contributed by atoms with E-state index in [1.165, 1.54) is 4.90 Å². The van der Waals surface area contributed by atoms with Crippen LogP contribution in [0, 0.1) is 0 Å². The van der Waals surface area contributed by atoms with Crippen LogP contribution < -0.4 is 10.3 Å². The Morgan fingerprint density at radius 1 is 0.951 bits per heavy atom. The Morgan fingerprint density at radius 3 is 2.20 bits per heavy atom. The summed E-state index contributed by atoms with van der Waals surface area (Å²) >= 11 is 6.50. The Hall–Kier alpha value is -4.55. The maximum atomic E-state index is 14.0. The van der Waals surface area contributed by atoms with Gasteiger partial charge < -0.3 is 14.4 Å². The maximum absolute atomic E-state index is 14.0. The SMILES string of the molecule is COc1ccc(Cn2c([C@H](C)N(CC3c4ccccc4-c4ccccc43)C(=O)O)cc3cccc(Cl)c3c2=O)cc1. The number of pyridine rings is 1. The number of aromatic nitrogens is 1. The van der Waals surface area contributed by atoms with Crippen molar-refractivity contribution in [1.82, 2.24) is 9.47 Å². The summed E-state index contributed by atoms with van der Waals surface area (Å²) in [6, 6.07) is 30.4. The van der Waals surface area contributed by atoms with E-state index < -0.39 is 12.1 Å². The van der Waals surface area contributed by atoms with E-state index >= 15 is 0 Å². The first-order valence-corrected chi connectivity index (χ1v) is 13.9. The highest BCUT2D eigenvalue weighted by atomic mass is 35.5. The molecule has 6 rings (SSSR count). The summed E-state index contributed by atoms with van der Waals surface area (Å²) < 4.78 is 6.94. The fourth-order valence-electron chi connectivity index (χ4n) is 6.01. The lowest BCUT2D eigenvalue weighted by molar-refractivity contribution is 0.124. The Balaban J connectivity index is 1.45. The zero-order valence-electron chi connectivity index (χ0n) is 22.8. The number of nitrogens with zero attached hydrogens (tertiary/aromatic N) is 2. The first-order valence-electron chi connectivity index (χ1n) is 13.5. The number of methoxy groups -OCH3 is 1. The number of fused-ring (bicyclic) bond motifs is 4. The summed E-state index contributed by atoms with van der Waals surface area (Å²) in [5.74, 6) is 0.586. The lowest BCUT2D eigenvalue weighted by atomic mass is 9.95. The number of ether oxygens (including phenoxy) is 1. The van der Waals surface area contributed by atoms with Gasteiger partial charge in [0.05, 0.1) is 30.1 Å². The third-order valence-corrected chi connectivity index (χ3v) is 8.42. The number of halogens is 1. The minimum atomic E-state index is -1.05. The second-order valence-electron chi connectivity index (χ2n) is 10.4. The van der Waals surface area contributed by atoms with E-state index in [0.29, 0.717) is 27.2 Å². The van der Waals surface area contributed by atoms with Gasteiger partial charge in [-0.3, -0.25) is 9.69 Å². The van der Waals surface area contributed by atoms with E-state index in [1.54, 1.807) is 23.8 Å². The molecule has 0 spiro atoms. The van der Waals surface area contributed by atoms with Crippen LogP contribution in [0.4, 0.5) is 4.79 Å². The molecular weight excluding hydrogens is 536 g/mol. The number of carboxylic acid groups (broad SMARTS) is 1. The second kappa shape index (κ2) is 10.8. The lowest BCUT2D eigenvalue weighted by Crippen LogP contribution is -2.38. The Labute approximate surface area is 243 Å². The van der Waals surface area contributed by atoms with E-state index in [4.69, 9.17) is 16.3 Å². The molecule has 7 heteroatoms. The van der Waals surface area contributed by atoms with Gasteiger partial charge in [-0.2, -0.15) is 0 Å². The van der Waals surface area contributed by atoms with Crippen LogP contribution in [-0.4, -0.2) is 34.3 Å². The van der Waals surface area contributed by atoms with Crippen molar-refractivity contribution >= 4 is 28.5 Å². The number of hydrogen-bond acceptors (Lipinski definition) is 3. The van der Waals surface area contributed by atoms with Crippen molar-refractivity contribution in [2.75, 3.05) is 13.7 Å². The van der Waals surface area contributed by atoms with E-state index in [2.05, 4.69) is 24.3 Å². The van der Waals surface area contributed by atoms with Crippen LogP contribution in [0.1, 0.15) is 41.3 Å². The van der Waals surface area contributed by atoms with E-state index in [9.17, 15) is 14.7 Å². The highest BCUT2D eigenvalue weighted by molar-refractivity contribution is 6.35. The molecule has 0 saturated carbocycles. The summed E-state index contributed by atoms with van der Waals surface area (Å²) in [5, 5.41) is 12.0. The molecular formula is C34H29ClN2O4. The van der Waals surface area contributed by atoms with E-state index in [0.717, 1.165) is 27.8 Å². The fraction of sp³-hybridized carbons (Fsp3) is 0.176. The van der Waals surface area contributed by atoms with Gasteiger partial charge in [0.15, 0.2) is 0 Å². The van der Waals surface area contributed by atoms with Gasteiger partial charge in [-0.15, -0.1) is 0 Å². The Bertz CT molecular complexity index is 1780. The van der Waals surface area contributed by atoms with Crippen molar-refractivity contribution in [3.8, 4) is 16.9 Å². The second-order valence-corrected chi connectivity index (χ2v) is 10.8. The molecule has 41 heavy (non-hydrogen) atoms. The predicted molar refractivity (Wildman–Crippen MR) is 162 cm³/mol. The van der Waals surface area contributed by atoms with Gasteiger partial charge in [0.25, 0.3) is 5.56 Å². The minimum Gasteiger partial charge on any atom is -0.497 e. The van der Waals surface area contributed by atoms with Crippen molar-refractivity contribution in [3.05, 3.63) is 135 Å². The molecule has 0 bridgehead atoms. The Morgan fingerprint density at radius 2 is 1.59 bits per heavy atom. The van der Waals surface area contributed by atoms with Gasteiger partial charge >= 0.3 is 6.09 Å². The van der Waals surface area contributed by atoms with Crippen LogP contribution in [0.5, 0.6) is 5.75 Å². The third kappa shape index (κ3) is 4.74. The van der Waals surface area contributed by atoms with Gasteiger partial charge in [-0.05, 0) is 64.4 Å². The molecule has 1 aromatic heterocycles. The number of amides is 1. The zero-order chi connectivity index (χ0) is 28.7. The Kier molecular flexibility index (Phi) is 7.01. The van der Waals surface area contributed by atoms with Crippen LogP contribution in [-0.2, 0) is 6.54 Å². The molecule has 0 unspecified atom stereocenters. The van der Waals surface area contributed by atoms with Crippen LogP contribution in [0.25, 0.3) is 21.9 Å². The summed E-state index contributed by atoms with van der Waals surface area (Å²) in [4.78, 5) is 28.3. The number of rotatable bonds is 7. The summed E-state index contributed by atoms with van der Waals surface area (Å²) in [6.45, 7) is 2.34. The molecule has 206 valence electrons. The monoisotopic (exact) mass is 564 g/mol. The molecule has 5 aromatic rings. The molecule has 4 aromatic carbocycles. The lowest BCUT2D eigenvalue weighted by Gasteiger charge is -2.32. The molecule has 1 heterocycles. The average Bonchev–Trinajstić information content (AvgIpc) is 3.30. The van der Waals surface area contributed by atoms with Gasteiger partial charge in [0.2, 0.25) is 0 Å². The van der Waals surface area contributed by atoms with Crippen molar-refractivity contribution < 1.29 is 14.6 Å². The topological polar surface area (TPSA) is 71.8 Å². The normalized spacial score (nSPS) is 13.0. The van der Waals surface area contributed by atoms with Crippen LogP contribution >= 0.6 is 11.6 Å². The predicted octanol–water partition coefficient (Wildman–Crippen LogP) is 7.57. The molecule has 1 atom stereocenters. The first kappa shape index (κ1) is 26.7. The quantitative estimate of drug-likeness (QED) is 0.221. The van der Waals surface area contributed by atoms with Crippen molar-refractivity contribution in [1.29, 1.82) is 0 Å². The van der Waals surface area contributed by atoms with Gasteiger partial charge in [0, 0.05) is 18.2 Å². The molecule has 1 amide bonds. The van der Waals surface area contributed by atoms with E-state index in [-0.39, 0.29) is 24.6 Å². The fourth-order valence-corrected chi connectivity index (χ4v) is 6.28. The van der Waals surface area contributed by atoms with Crippen molar-refractivity contribution in [2.24, 2.45) is 0 Å². The van der Waals surface area contributed by atoms with E-state index in [1.807, 2.05) is 67.6 Å². The molecule has 1 N–H and O–H groups in total. The summed E-state index contributed by atoms with van der Waals surface area (Å²) in [7, 11) is 1.60. The van der Waals surface area contributed by atoms with Crippen molar-refractivity contribution in [3.63, 3.8) is 0 Å². The molecule has 1 aliphatic carbocycles. The van der Waals surface area contributed by atoms with Crippen LogP contribution in [0.15, 0.2) is 102 Å². The number of carbonyl (C=O) groups is 1. The third-order valence-electron chi connectivity index (χ3n) is 8.10. The smallest absolute Gasteiger partial charge is 0.407 e. The van der Waals surface area contributed by atoms with Gasteiger partial charge in [-0.1, -0.05) is 84.4 Å². The van der Waals surface area contributed by atoms with Crippen molar-refractivity contribution in [2.45, 2.75) is 25.4 Å². The number of benzene rings is 4. The summed E-state index contributed by atoms with van der Waals surface area (Å²) in [5.41, 5.74) is 5.69. The summed E-state index contributed by atoms with van der Waals surface area (Å²) in [6.07, 6.45) is -1.05. The van der Waals surface area contributed by atoms with Gasteiger partial charge in [-0.25, -0.2) is 4.79 Å². The molecule has 0 aliphatic heterocycles. The van der Waals surface area contributed by atoms with Crippen LogP contribution in [0.3, 0.4) is 0 Å². The highest BCUT2D eigenvalue weighted by Gasteiger charge is 2.34. The first-order chi connectivity index (χ1) is 19.9. The molecule has 1 aliphatic rings. The standard InChI is InChI=1S/C34H29ClN2O4/c1-21(36(34(39)40)20-29-27-11-5-3-9-25(27)26-10-4-6-12-28(26)29)31-18-23-8-7-13-30(35)32(23)33(38)37(31)19-22-14-16-24(41-2)17-15-22/h3-18,21,29H,19-20H2,1-2H3,(H,39,40)/t21-/m0/s1. The molecule has 6 nitrogen and oxygen atoms in total. The highest BCUT2D eigenvalue weighted by Crippen LogP contribution is 2.45. The van der Waals surface area contributed by atoms with Gasteiger partial charge in [0.1, 0.15) is 5.75 Å². The molecule has 0 fully saturated rings. The van der Waals surface area contributed by atoms with Crippen LogP contribution in [0.2, 0.25) is 5.02 Å². The number of hydrogen-bond donors (Lipinski definition) is 1. The molecule has 0 radical (unpaired) electrons. The average molecular weight is 565 g/mol. The maximum Gasteiger partial charge on any atom is 0.407 e. The minimum absolute atomic E-state index is 0.127.